The molecule has 2 saturated heterocycles. The van der Waals surface area contributed by atoms with Crippen molar-refractivity contribution in [1.82, 2.24) is 9.80 Å². The van der Waals surface area contributed by atoms with Crippen LogP contribution in [0.25, 0.3) is 0 Å². The number of likely N-dealkylation sites (tertiary alicyclic amines) is 2. The number of rotatable bonds is 2. The molecule has 2 atom stereocenters. The van der Waals surface area contributed by atoms with E-state index in [9.17, 15) is 9.59 Å². The third-order valence-corrected chi connectivity index (χ3v) is 7.10. The minimum absolute atomic E-state index is 0.186. The molecule has 4 nitrogen and oxygen atoms in total. The van der Waals surface area contributed by atoms with Crippen molar-refractivity contribution in [2.75, 3.05) is 20.1 Å². The van der Waals surface area contributed by atoms with E-state index >= 15 is 0 Å². The summed E-state index contributed by atoms with van der Waals surface area (Å²) < 4.78 is 0. The van der Waals surface area contributed by atoms with Gasteiger partial charge in [0, 0.05) is 31.6 Å². The molecule has 3 aliphatic rings. The average Bonchev–Trinajstić information content (AvgIpc) is 2.96. The predicted octanol–water partition coefficient (Wildman–Crippen LogP) is 3.62. The lowest BCUT2D eigenvalue weighted by Crippen LogP contribution is -2.55. The lowest BCUT2D eigenvalue weighted by molar-refractivity contribution is -0.142. The summed E-state index contributed by atoms with van der Waals surface area (Å²) in [5, 5.41) is 0.707. The maximum atomic E-state index is 13.7. The number of halogens is 1. The second-order valence-corrected chi connectivity index (χ2v) is 8.66. The zero-order valence-electron chi connectivity index (χ0n) is 15.4. The average molecular weight is 375 g/mol. The van der Waals surface area contributed by atoms with Gasteiger partial charge in [-0.3, -0.25) is 9.59 Å². The summed E-state index contributed by atoms with van der Waals surface area (Å²) in [5.74, 6) is 0.888. The minimum atomic E-state index is -0.420. The Labute approximate surface area is 160 Å². The van der Waals surface area contributed by atoms with E-state index in [1.807, 2.05) is 41.1 Å². The van der Waals surface area contributed by atoms with Gasteiger partial charge in [-0.15, -0.1) is 0 Å². The molecule has 0 N–H and O–H groups in total. The van der Waals surface area contributed by atoms with E-state index in [1.165, 1.54) is 6.42 Å². The van der Waals surface area contributed by atoms with Gasteiger partial charge >= 0.3 is 0 Å². The van der Waals surface area contributed by atoms with Gasteiger partial charge in [0.25, 0.3) is 0 Å². The molecule has 1 aromatic carbocycles. The summed E-state index contributed by atoms with van der Waals surface area (Å²) in [6.07, 6.45) is 6.78. The van der Waals surface area contributed by atoms with Gasteiger partial charge in [-0.2, -0.15) is 0 Å². The number of hydrogen-bond acceptors (Lipinski definition) is 2. The smallest absolute Gasteiger partial charge is 0.233 e. The fourth-order valence-electron chi connectivity index (χ4n) is 5.25. The summed E-state index contributed by atoms with van der Waals surface area (Å²) in [6, 6.07) is 8.05. The van der Waals surface area contributed by atoms with E-state index in [0.717, 1.165) is 44.2 Å². The number of hydrogen-bond donors (Lipinski definition) is 0. The van der Waals surface area contributed by atoms with Crippen LogP contribution in [0, 0.1) is 5.92 Å². The number of amides is 2. The molecule has 4 rings (SSSR count). The molecule has 0 spiro atoms. The number of fused-ring (bicyclic) bond motifs is 1. The highest BCUT2D eigenvalue weighted by atomic mass is 35.5. The quantitative estimate of drug-likeness (QED) is 0.793. The summed E-state index contributed by atoms with van der Waals surface area (Å²) in [6.45, 7) is 1.46. The van der Waals surface area contributed by atoms with E-state index in [4.69, 9.17) is 11.6 Å². The Morgan fingerprint density at radius 3 is 2.54 bits per heavy atom. The first-order valence-corrected chi connectivity index (χ1v) is 10.2. The maximum absolute atomic E-state index is 13.7. The van der Waals surface area contributed by atoms with Crippen molar-refractivity contribution in [1.29, 1.82) is 0 Å². The van der Waals surface area contributed by atoms with Gasteiger partial charge in [-0.1, -0.05) is 43.0 Å². The van der Waals surface area contributed by atoms with Crippen LogP contribution in [0.2, 0.25) is 5.02 Å². The van der Waals surface area contributed by atoms with Crippen molar-refractivity contribution in [3.8, 4) is 0 Å². The Kier molecular flexibility index (Phi) is 4.72. The van der Waals surface area contributed by atoms with Crippen LogP contribution in [0.5, 0.6) is 0 Å². The second kappa shape index (κ2) is 6.88. The molecule has 1 aromatic rings. The van der Waals surface area contributed by atoms with E-state index < -0.39 is 5.41 Å². The number of likely N-dealkylation sites (N-methyl/N-ethyl adjacent to an activating group) is 1. The summed E-state index contributed by atoms with van der Waals surface area (Å²) in [7, 11) is 1.89. The zero-order valence-corrected chi connectivity index (χ0v) is 16.2. The first-order chi connectivity index (χ1) is 12.5. The number of nitrogens with zero attached hydrogens (tertiary/aromatic N) is 2. The second-order valence-electron chi connectivity index (χ2n) is 8.23. The highest BCUT2D eigenvalue weighted by Crippen LogP contribution is 2.43. The number of piperidine rings is 1. The van der Waals surface area contributed by atoms with Crippen LogP contribution in [-0.4, -0.2) is 47.8 Å². The topological polar surface area (TPSA) is 40.6 Å². The molecule has 26 heavy (non-hydrogen) atoms. The monoisotopic (exact) mass is 374 g/mol. The highest BCUT2D eigenvalue weighted by molar-refractivity contribution is 6.30. The Bertz CT molecular complexity index is 696. The molecule has 0 radical (unpaired) electrons. The van der Waals surface area contributed by atoms with Gasteiger partial charge in [0.2, 0.25) is 11.8 Å². The molecule has 2 heterocycles. The molecule has 0 bridgehead atoms. The number of carbonyl (C=O) groups excluding carboxylic acids is 2. The third-order valence-electron chi connectivity index (χ3n) is 6.85. The summed E-state index contributed by atoms with van der Waals surface area (Å²) in [4.78, 5) is 29.7. The molecule has 2 amide bonds. The largest absolute Gasteiger partial charge is 0.341 e. The van der Waals surface area contributed by atoms with Crippen LogP contribution in [0.4, 0.5) is 0 Å². The van der Waals surface area contributed by atoms with Gasteiger partial charge in [0.1, 0.15) is 0 Å². The number of carbonyl (C=O) groups is 2. The standard InChI is InChI=1S/C21H27ClN2O2/c1-23-18-14-24(12-9-15(18)13-19(23)25)20(26)21(10-3-2-4-11-21)16-5-7-17(22)8-6-16/h5-8,15,18H,2-4,9-14H2,1H3/t15-,18-/m1/s1. The number of benzene rings is 1. The zero-order chi connectivity index (χ0) is 18.3. The summed E-state index contributed by atoms with van der Waals surface area (Å²) >= 11 is 6.08. The molecule has 0 aromatic heterocycles. The Morgan fingerprint density at radius 1 is 1.15 bits per heavy atom. The Morgan fingerprint density at radius 2 is 1.85 bits per heavy atom. The normalized spacial score (nSPS) is 28.2. The lowest BCUT2D eigenvalue weighted by atomic mass is 9.68. The Hall–Kier alpha value is -1.55. The third kappa shape index (κ3) is 2.92. The maximum Gasteiger partial charge on any atom is 0.233 e. The molecule has 140 valence electrons. The van der Waals surface area contributed by atoms with Gasteiger partial charge in [0.05, 0.1) is 11.5 Å². The van der Waals surface area contributed by atoms with Crippen LogP contribution in [0.1, 0.15) is 50.5 Å². The van der Waals surface area contributed by atoms with Crippen LogP contribution in [0.3, 0.4) is 0 Å². The molecule has 3 fully saturated rings. The molecule has 1 saturated carbocycles. The lowest BCUT2D eigenvalue weighted by Gasteiger charge is -2.44. The van der Waals surface area contributed by atoms with Gasteiger partial charge in [0.15, 0.2) is 0 Å². The van der Waals surface area contributed by atoms with Crippen LogP contribution in [0.15, 0.2) is 24.3 Å². The molecule has 1 aliphatic carbocycles. The molecule has 0 unspecified atom stereocenters. The van der Waals surface area contributed by atoms with Gasteiger partial charge in [-0.05, 0) is 42.9 Å². The van der Waals surface area contributed by atoms with Crippen molar-refractivity contribution >= 4 is 23.4 Å². The molecule has 2 aliphatic heterocycles. The van der Waals surface area contributed by atoms with Crippen molar-refractivity contribution in [3.63, 3.8) is 0 Å². The first kappa shape index (κ1) is 17.8. The first-order valence-electron chi connectivity index (χ1n) is 9.82. The van der Waals surface area contributed by atoms with Crippen molar-refractivity contribution < 1.29 is 9.59 Å². The predicted molar refractivity (Wildman–Crippen MR) is 102 cm³/mol. The fraction of sp³-hybridized carbons (Fsp3) is 0.619. The minimum Gasteiger partial charge on any atom is -0.341 e. The fourth-order valence-corrected chi connectivity index (χ4v) is 5.37. The van der Waals surface area contributed by atoms with E-state index in [2.05, 4.69) is 0 Å². The van der Waals surface area contributed by atoms with Crippen molar-refractivity contribution in [2.24, 2.45) is 5.92 Å². The highest BCUT2D eigenvalue weighted by Gasteiger charge is 2.47. The van der Waals surface area contributed by atoms with E-state index in [-0.39, 0.29) is 17.9 Å². The molecule has 5 heteroatoms. The van der Waals surface area contributed by atoms with E-state index in [1.54, 1.807) is 0 Å². The van der Waals surface area contributed by atoms with Crippen molar-refractivity contribution in [3.05, 3.63) is 34.9 Å². The van der Waals surface area contributed by atoms with Gasteiger partial charge < -0.3 is 9.80 Å². The van der Waals surface area contributed by atoms with Crippen molar-refractivity contribution in [2.45, 2.75) is 56.4 Å². The van der Waals surface area contributed by atoms with Crippen LogP contribution < -0.4 is 0 Å². The van der Waals surface area contributed by atoms with Gasteiger partial charge in [-0.25, -0.2) is 0 Å². The van der Waals surface area contributed by atoms with E-state index in [0.29, 0.717) is 23.9 Å². The van der Waals surface area contributed by atoms with Crippen LogP contribution in [-0.2, 0) is 15.0 Å². The molecular weight excluding hydrogens is 348 g/mol. The Balaban J connectivity index is 1.61. The molecular formula is C21H27ClN2O2. The van der Waals surface area contributed by atoms with Crippen LogP contribution >= 0.6 is 11.6 Å². The summed E-state index contributed by atoms with van der Waals surface area (Å²) in [5.41, 5.74) is 0.682. The SMILES string of the molecule is CN1C(=O)C[C@H]2CCN(C(=O)C3(c4ccc(Cl)cc4)CCCCC3)C[C@H]21.